The molecule has 1 spiro atoms. The van der Waals surface area contributed by atoms with Gasteiger partial charge in [0.15, 0.2) is 0 Å². The van der Waals surface area contributed by atoms with E-state index in [2.05, 4.69) is 183 Å². The van der Waals surface area contributed by atoms with E-state index in [9.17, 15) is 0 Å². The molecule has 1 nitrogen and oxygen atoms in total. The molecule has 3 aliphatic rings. The van der Waals surface area contributed by atoms with Crippen LogP contribution in [-0.4, -0.2) is 0 Å². The summed E-state index contributed by atoms with van der Waals surface area (Å²) >= 11 is 0. The molecule has 0 aromatic heterocycles. The Bertz CT molecular complexity index is 2660. The molecule has 0 saturated heterocycles. The molecule has 0 saturated carbocycles. The van der Waals surface area contributed by atoms with Crippen molar-refractivity contribution in [1.82, 2.24) is 0 Å². The third-order valence-electron chi connectivity index (χ3n) is 11.8. The quantitative estimate of drug-likeness (QED) is 0.183. The van der Waals surface area contributed by atoms with Crippen molar-refractivity contribution in [3.63, 3.8) is 0 Å². The first-order valence-corrected chi connectivity index (χ1v) is 17.5. The molecule has 0 bridgehead atoms. The van der Waals surface area contributed by atoms with Crippen molar-refractivity contribution in [2.75, 3.05) is 0 Å². The molecule has 0 radical (unpaired) electrons. The second-order valence-corrected chi connectivity index (χ2v) is 14.1. The van der Waals surface area contributed by atoms with Crippen LogP contribution in [0.15, 0.2) is 176 Å². The zero-order chi connectivity index (χ0) is 33.0. The molecule has 1 aliphatic heterocycles. The first-order valence-electron chi connectivity index (χ1n) is 17.5. The molecule has 1 heterocycles. The fourth-order valence-electron chi connectivity index (χ4n) is 9.62. The van der Waals surface area contributed by atoms with Crippen LogP contribution in [0.2, 0.25) is 0 Å². The molecular formula is C49H32O. The first-order chi connectivity index (χ1) is 24.7. The van der Waals surface area contributed by atoms with E-state index in [1.54, 1.807) is 0 Å². The van der Waals surface area contributed by atoms with Gasteiger partial charge in [-0.15, -0.1) is 0 Å². The van der Waals surface area contributed by atoms with Crippen molar-refractivity contribution in [1.29, 1.82) is 0 Å². The van der Waals surface area contributed by atoms with Gasteiger partial charge in [-0.3, -0.25) is 0 Å². The highest BCUT2D eigenvalue weighted by Gasteiger charge is 2.52. The molecule has 0 amide bonds. The van der Waals surface area contributed by atoms with E-state index >= 15 is 0 Å². The summed E-state index contributed by atoms with van der Waals surface area (Å²) in [6.45, 7) is 2.39. The Morgan fingerprint density at radius 2 is 0.940 bits per heavy atom. The molecule has 1 heteroatoms. The van der Waals surface area contributed by atoms with Gasteiger partial charge < -0.3 is 4.74 Å². The van der Waals surface area contributed by atoms with Gasteiger partial charge in [0.1, 0.15) is 11.5 Å². The SMILES string of the molecule is CC1(c2ccccc2)c2ccccc2-c2ccc(-c3ccc4c(c3)C3(c5ccccc5-c5ccccc53)c3c(ccc5ccccc35)O4)cc21. The van der Waals surface area contributed by atoms with E-state index in [1.165, 1.54) is 83.1 Å². The van der Waals surface area contributed by atoms with Crippen LogP contribution >= 0.6 is 0 Å². The maximum Gasteiger partial charge on any atom is 0.132 e. The van der Waals surface area contributed by atoms with Crippen LogP contribution in [-0.2, 0) is 10.8 Å². The van der Waals surface area contributed by atoms with Gasteiger partial charge in [-0.05, 0) is 103 Å². The number of rotatable bonds is 2. The van der Waals surface area contributed by atoms with Crippen molar-refractivity contribution in [2.45, 2.75) is 17.8 Å². The van der Waals surface area contributed by atoms with Crippen molar-refractivity contribution in [3.8, 4) is 44.9 Å². The molecule has 11 rings (SSSR count). The fourth-order valence-corrected chi connectivity index (χ4v) is 9.62. The molecule has 1 unspecified atom stereocenters. The predicted molar refractivity (Wildman–Crippen MR) is 204 cm³/mol. The third-order valence-corrected chi connectivity index (χ3v) is 11.8. The average Bonchev–Trinajstić information content (AvgIpc) is 3.62. The first kappa shape index (κ1) is 27.7. The fraction of sp³-hybridized carbons (Fsp3) is 0.0612. The van der Waals surface area contributed by atoms with Gasteiger partial charge in [-0.2, -0.15) is 0 Å². The lowest BCUT2D eigenvalue weighted by Crippen LogP contribution is -2.32. The highest BCUT2D eigenvalue weighted by atomic mass is 16.5. The van der Waals surface area contributed by atoms with E-state index < -0.39 is 5.41 Å². The summed E-state index contributed by atoms with van der Waals surface area (Å²) in [6, 6.07) is 64.9. The molecule has 2 aliphatic carbocycles. The summed E-state index contributed by atoms with van der Waals surface area (Å²) in [5, 5.41) is 2.44. The van der Waals surface area contributed by atoms with Gasteiger partial charge in [-0.1, -0.05) is 152 Å². The molecule has 0 fully saturated rings. The van der Waals surface area contributed by atoms with Crippen LogP contribution in [0, 0.1) is 0 Å². The minimum Gasteiger partial charge on any atom is -0.457 e. The van der Waals surface area contributed by atoms with Crippen LogP contribution < -0.4 is 4.74 Å². The van der Waals surface area contributed by atoms with Crippen LogP contribution in [0.25, 0.3) is 44.2 Å². The Morgan fingerprint density at radius 3 is 1.68 bits per heavy atom. The Labute approximate surface area is 292 Å². The van der Waals surface area contributed by atoms with E-state index in [0.29, 0.717) is 0 Å². The van der Waals surface area contributed by atoms with Crippen molar-refractivity contribution < 1.29 is 4.74 Å². The minimum absolute atomic E-state index is 0.261. The Balaban J connectivity index is 1.19. The van der Waals surface area contributed by atoms with Crippen molar-refractivity contribution in [3.05, 3.63) is 215 Å². The largest absolute Gasteiger partial charge is 0.457 e. The molecule has 1 atom stereocenters. The van der Waals surface area contributed by atoms with Crippen LogP contribution in [0.4, 0.5) is 0 Å². The number of benzene rings is 8. The second kappa shape index (κ2) is 9.94. The monoisotopic (exact) mass is 636 g/mol. The van der Waals surface area contributed by atoms with Gasteiger partial charge in [0.2, 0.25) is 0 Å². The lowest BCUT2D eigenvalue weighted by atomic mass is 9.64. The summed E-state index contributed by atoms with van der Waals surface area (Å²) in [5.74, 6) is 1.83. The zero-order valence-electron chi connectivity index (χ0n) is 27.7. The van der Waals surface area contributed by atoms with Gasteiger partial charge in [0, 0.05) is 16.5 Å². The summed E-state index contributed by atoms with van der Waals surface area (Å²) in [6.07, 6.45) is 0. The smallest absolute Gasteiger partial charge is 0.132 e. The summed E-state index contributed by atoms with van der Waals surface area (Å²) in [4.78, 5) is 0. The molecular weight excluding hydrogens is 605 g/mol. The highest BCUT2D eigenvalue weighted by molar-refractivity contribution is 5.98. The zero-order valence-corrected chi connectivity index (χ0v) is 27.7. The lowest BCUT2D eigenvalue weighted by molar-refractivity contribution is 0.438. The Kier molecular flexibility index (Phi) is 5.51. The van der Waals surface area contributed by atoms with E-state index in [-0.39, 0.29) is 5.41 Å². The molecule has 8 aromatic rings. The molecule has 8 aromatic carbocycles. The maximum absolute atomic E-state index is 6.90. The topological polar surface area (TPSA) is 9.23 Å². The molecule has 0 N–H and O–H groups in total. The van der Waals surface area contributed by atoms with Gasteiger partial charge in [0.05, 0.1) is 5.41 Å². The number of ether oxygens (including phenoxy) is 1. The van der Waals surface area contributed by atoms with Crippen LogP contribution in [0.5, 0.6) is 11.5 Å². The predicted octanol–water partition coefficient (Wildman–Crippen LogP) is 12.3. The van der Waals surface area contributed by atoms with Crippen LogP contribution in [0.1, 0.15) is 45.9 Å². The standard InChI is InChI=1S/C49H32O/c1-48(34-14-3-2-4-15-34)40-20-10-7-17-36(40)39-26-23-32(29-43(39)48)33-25-27-45-44(30-33)49(47-35-16-6-5-13-31(35)24-28-46(47)50-45)41-21-11-8-18-37(41)38-19-9-12-22-42(38)49/h2-30H,1H3. The Hall–Kier alpha value is -6.18. The minimum atomic E-state index is -0.543. The molecule has 50 heavy (non-hydrogen) atoms. The number of fused-ring (bicyclic) bond motifs is 14. The highest BCUT2D eigenvalue weighted by Crippen LogP contribution is 2.64. The summed E-state index contributed by atoms with van der Waals surface area (Å²) < 4.78 is 6.90. The van der Waals surface area contributed by atoms with Gasteiger partial charge >= 0.3 is 0 Å². The second-order valence-electron chi connectivity index (χ2n) is 14.1. The number of hydrogen-bond acceptors (Lipinski definition) is 1. The molecule has 234 valence electrons. The maximum atomic E-state index is 6.90. The van der Waals surface area contributed by atoms with E-state index in [1.807, 2.05) is 0 Å². The van der Waals surface area contributed by atoms with Crippen molar-refractivity contribution in [2.24, 2.45) is 0 Å². The average molecular weight is 637 g/mol. The lowest BCUT2D eigenvalue weighted by Gasteiger charge is -2.40. The third kappa shape index (κ3) is 3.42. The van der Waals surface area contributed by atoms with E-state index in [0.717, 1.165) is 11.5 Å². The van der Waals surface area contributed by atoms with Crippen LogP contribution in [0.3, 0.4) is 0 Å². The number of hydrogen-bond donors (Lipinski definition) is 0. The van der Waals surface area contributed by atoms with E-state index in [4.69, 9.17) is 4.74 Å². The van der Waals surface area contributed by atoms with Gasteiger partial charge in [0.25, 0.3) is 0 Å². The Morgan fingerprint density at radius 1 is 0.400 bits per heavy atom. The van der Waals surface area contributed by atoms with Crippen molar-refractivity contribution >= 4 is 10.8 Å². The van der Waals surface area contributed by atoms with Gasteiger partial charge in [-0.25, -0.2) is 0 Å². The summed E-state index contributed by atoms with van der Waals surface area (Å²) in [7, 11) is 0. The normalized spacial score (nSPS) is 16.9. The summed E-state index contributed by atoms with van der Waals surface area (Å²) in [5.41, 5.74) is 15.8.